The molecule has 2 rings (SSSR count). The average molecular weight is 272 g/mol. The van der Waals surface area contributed by atoms with Gasteiger partial charge in [0.2, 0.25) is 0 Å². The van der Waals surface area contributed by atoms with Crippen LogP contribution in [-0.4, -0.2) is 29.3 Å². The lowest BCUT2D eigenvalue weighted by Crippen LogP contribution is -2.47. The quantitative estimate of drug-likeness (QED) is 0.770. The average Bonchev–Trinajstić information content (AvgIpc) is 2.54. The van der Waals surface area contributed by atoms with E-state index in [9.17, 15) is 4.79 Å². The summed E-state index contributed by atoms with van der Waals surface area (Å²) in [6.45, 7) is 6.02. The second-order valence-electron chi connectivity index (χ2n) is 4.81. The Labute approximate surface area is 99.8 Å². The Balaban J connectivity index is 2.05. The molecule has 0 atom stereocenters. The predicted octanol–water partition coefficient (Wildman–Crippen LogP) is 2.87. The molecule has 0 amide bonds. The molecule has 0 aromatic rings. The molecular formula is C12H18BrNO. The van der Waals surface area contributed by atoms with Crippen LogP contribution >= 0.6 is 15.9 Å². The van der Waals surface area contributed by atoms with Crippen LogP contribution in [0.15, 0.2) is 11.1 Å². The van der Waals surface area contributed by atoms with Gasteiger partial charge in [0.15, 0.2) is 0 Å². The number of hydrogen-bond acceptors (Lipinski definition) is 2. The number of rotatable bonds is 2. The molecule has 1 aliphatic carbocycles. The van der Waals surface area contributed by atoms with Crippen LogP contribution in [0.4, 0.5) is 0 Å². The highest BCUT2D eigenvalue weighted by atomic mass is 79.9. The molecule has 15 heavy (non-hydrogen) atoms. The lowest BCUT2D eigenvalue weighted by molar-refractivity contribution is -0.122. The van der Waals surface area contributed by atoms with Gasteiger partial charge in [0.05, 0.1) is 0 Å². The molecule has 1 aliphatic heterocycles. The van der Waals surface area contributed by atoms with Crippen LogP contribution in [0.1, 0.15) is 38.5 Å². The van der Waals surface area contributed by atoms with Gasteiger partial charge in [-0.25, -0.2) is 0 Å². The van der Waals surface area contributed by atoms with E-state index in [1.165, 1.54) is 19.4 Å². The summed E-state index contributed by atoms with van der Waals surface area (Å²) in [5, 5.41) is 0. The molecule has 2 fully saturated rings. The molecule has 1 heterocycles. The Hall–Kier alpha value is -0.150. The highest BCUT2D eigenvalue weighted by molar-refractivity contribution is 9.11. The Kier molecular flexibility index (Phi) is 3.31. The van der Waals surface area contributed by atoms with Gasteiger partial charge in [-0.3, -0.25) is 9.69 Å². The number of carbonyl (C=O) groups excluding carboxylic acids is 1. The second kappa shape index (κ2) is 4.38. The van der Waals surface area contributed by atoms with Crippen LogP contribution in [0.25, 0.3) is 0 Å². The molecule has 0 bridgehead atoms. The first kappa shape index (κ1) is 11.3. The predicted molar refractivity (Wildman–Crippen MR) is 65.1 cm³/mol. The first-order valence-corrected chi connectivity index (χ1v) is 6.52. The summed E-state index contributed by atoms with van der Waals surface area (Å²) >= 11 is 3.44. The van der Waals surface area contributed by atoms with E-state index in [-0.39, 0.29) is 0 Å². The standard InChI is InChI=1S/C12H18BrNO/c1-10(13)9-14-8-2-5-12(14)6-3-11(15)4-7-12/h1-9H2. The normalized spacial score (nSPS) is 26.1. The summed E-state index contributed by atoms with van der Waals surface area (Å²) in [4.78, 5) is 13.8. The molecule has 0 radical (unpaired) electrons. The number of nitrogens with zero attached hydrogens (tertiary/aromatic N) is 1. The van der Waals surface area contributed by atoms with Gasteiger partial charge in [0.1, 0.15) is 5.78 Å². The topological polar surface area (TPSA) is 20.3 Å². The van der Waals surface area contributed by atoms with Crippen LogP contribution in [0.3, 0.4) is 0 Å². The van der Waals surface area contributed by atoms with E-state index in [0.29, 0.717) is 11.3 Å². The summed E-state index contributed by atoms with van der Waals surface area (Å²) in [5.41, 5.74) is 0.324. The van der Waals surface area contributed by atoms with Gasteiger partial charge in [-0.05, 0) is 32.2 Å². The first-order valence-electron chi connectivity index (χ1n) is 5.72. The van der Waals surface area contributed by atoms with E-state index in [4.69, 9.17) is 0 Å². The van der Waals surface area contributed by atoms with Crippen LogP contribution in [0, 0.1) is 0 Å². The molecule has 1 saturated heterocycles. The summed E-state index contributed by atoms with van der Waals surface area (Å²) in [5.74, 6) is 0.449. The van der Waals surface area contributed by atoms with Gasteiger partial charge in [0, 0.05) is 29.4 Å². The molecular weight excluding hydrogens is 254 g/mol. The third kappa shape index (κ3) is 2.34. The molecule has 2 aliphatic rings. The lowest BCUT2D eigenvalue weighted by atomic mass is 9.79. The highest BCUT2D eigenvalue weighted by Gasteiger charge is 2.42. The molecule has 1 saturated carbocycles. The maximum atomic E-state index is 11.3. The first-order chi connectivity index (χ1) is 7.12. The third-order valence-electron chi connectivity index (χ3n) is 3.84. The van der Waals surface area contributed by atoms with Crippen molar-refractivity contribution in [3.63, 3.8) is 0 Å². The molecule has 1 spiro atoms. The molecule has 0 aromatic carbocycles. The largest absolute Gasteiger partial charge is 0.300 e. The van der Waals surface area contributed by atoms with Crippen molar-refractivity contribution in [2.45, 2.75) is 44.1 Å². The Morgan fingerprint density at radius 3 is 2.67 bits per heavy atom. The Morgan fingerprint density at radius 2 is 2.07 bits per heavy atom. The molecule has 2 nitrogen and oxygen atoms in total. The van der Waals surface area contributed by atoms with Crippen molar-refractivity contribution in [3.8, 4) is 0 Å². The number of carbonyl (C=O) groups is 1. The van der Waals surface area contributed by atoms with Crippen LogP contribution in [0.2, 0.25) is 0 Å². The minimum absolute atomic E-state index is 0.324. The van der Waals surface area contributed by atoms with E-state index in [1.54, 1.807) is 0 Å². The van der Waals surface area contributed by atoms with E-state index in [2.05, 4.69) is 27.4 Å². The Morgan fingerprint density at radius 1 is 1.40 bits per heavy atom. The summed E-state index contributed by atoms with van der Waals surface area (Å²) in [6.07, 6.45) is 6.23. The van der Waals surface area contributed by atoms with E-state index in [0.717, 1.165) is 36.7 Å². The smallest absolute Gasteiger partial charge is 0.133 e. The minimum Gasteiger partial charge on any atom is -0.300 e. The number of Topliss-reactive ketones (excluding diaryl/α,β-unsaturated/α-hetero) is 1. The number of halogens is 1. The SMILES string of the molecule is C=C(Br)CN1CCCC12CCC(=O)CC2. The van der Waals surface area contributed by atoms with Gasteiger partial charge in [-0.2, -0.15) is 0 Å². The molecule has 0 N–H and O–H groups in total. The number of ketones is 1. The maximum absolute atomic E-state index is 11.3. The van der Waals surface area contributed by atoms with Crippen LogP contribution < -0.4 is 0 Å². The van der Waals surface area contributed by atoms with E-state index in [1.807, 2.05) is 0 Å². The van der Waals surface area contributed by atoms with Crippen molar-refractivity contribution in [2.24, 2.45) is 0 Å². The van der Waals surface area contributed by atoms with Gasteiger partial charge in [-0.1, -0.05) is 22.5 Å². The molecule has 84 valence electrons. The number of hydrogen-bond donors (Lipinski definition) is 0. The van der Waals surface area contributed by atoms with Crippen molar-refractivity contribution >= 4 is 21.7 Å². The summed E-state index contributed by atoms with van der Waals surface area (Å²) in [6, 6.07) is 0. The van der Waals surface area contributed by atoms with Gasteiger partial charge >= 0.3 is 0 Å². The fourth-order valence-corrected chi connectivity index (χ4v) is 3.31. The zero-order valence-corrected chi connectivity index (χ0v) is 10.7. The Bertz CT molecular complexity index is 277. The van der Waals surface area contributed by atoms with Crippen molar-refractivity contribution in [2.75, 3.05) is 13.1 Å². The third-order valence-corrected chi connectivity index (χ3v) is 4.09. The van der Waals surface area contributed by atoms with Gasteiger partial charge in [-0.15, -0.1) is 0 Å². The molecule has 0 aromatic heterocycles. The monoisotopic (exact) mass is 271 g/mol. The fourth-order valence-electron chi connectivity index (χ4n) is 3.01. The molecule has 3 heteroatoms. The minimum atomic E-state index is 0.324. The zero-order chi connectivity index (χ0) is 10.9. The van der Waals surface area contributed by atoms with Crippen molar-refractivity contribution in [1.29, 1.82) is 0 Å². The summed E-state index contributed by atoms with van der Waals surface area (Å²) in [7, 11) is 0. The van der Waals surface area contributed by atoms with Crippen molar-refractivity contribution in [1.82, 2.24) is 4.90 Å². The van der Waals surface area contributed by atoms with Crippen LogP contribution in [0.5, 0.6) is 0 Å². The van der Waals surface area contributed by atoms with Gasteiger partial charge in [0.25, 0.3) is 0 Å². The van der Waals surface area contributed by atoms with E-state index < -0.39 is 0 Å². The van der Waals surface area contributed by atoms with Crippen LogP contribution in [-0.2, 0) is 4.79 Å². The molecule has 0 unspecified atom stereocenters. The lowest BCUT2D eigenvalue weighted by Gasteiger charge is -2.41. The number of likely N-dealkylation sites (tertiary alicyclic amines) is 1. The maximum Gasteiger partial charge on any atom is 0.133 e. The second-order valence-corrected chi connectivity index (χ2v) is 5.93. The van der Waals surface area contributed by atoms with Crippen molar-refractivity contribution < 1.29 is 4.79 Å². The summed E-state index contributed by atoms with van der Waals surface area (Å²) < 4.78 is 1.06. The fraction of sp³-hybridized carbons (Fsp3) is 0.750. The van der Waals surface area contributed by atoms with Crippen molar-refractivity contribution in [3.05, 3.63) is 11.1 Å². The van der Waals surface area contributed by atoms with Gasteiger partial charge < -0.3 is 0 Å². The van der Waals surface area contributed by atoms with E-state index >= 15 is 0 Å². The zero-order valence-electron chi connectivity index (χ0n) is 9.10. The highest BCUT2D eigenvalue weighted by Crippen LogP contribution is 2.41.